The highest BCUT2D eigenvalue weighted by atomic mass is 32.2. The molecule has 0 fully saturated rings. The lowest BCUT2D eigenvalue weighted by molar-refractivity contribution is -0.138. The maximum atomic E-state index is 13.1. The van der Waals surface area contributed by atoms with Gasteiger partial charge in [-0.15, -0.1) is 0 Å². The molecule has 0 aliphatic carbocycles. The van der Waals surface area contributed by atoms with Crippen molar-refractivity contribution in [2.24, 2.45) is 0 Å². The van der Waals surface area contributed by atoms with Gasteiger partial charge in [0.2, 0.25) is 5.88 Å². The van der Waals surface area contributed by atoms with Gasteiger partial charge in [0.25, 0.3) is 0 Å². The number of hydrogen-bond acceptors (Lipinski definition) is 4. The number of nitrogens with zero attached hydrogens (tertiary/aromatic N) is 1. The first-order valence-corrected chi connectivity index (χ1v) is 9.33. The molecule has 0 aliphatic heterocycles. The van der Waals surface area contributed by atoms with E-state index in [-0.39, 0.29) is 17.2 Å². The van der Waals surface area contributed by atoms with Crippen molar-refractivity contribution in [1.82, 2.24) is 4.98 Å². The molecule has 0 saturated heterocycles. The number of halogens is 3. The van der Waals surface area contributed by atoms with Crippen molar-refractivity contribution >= 4 is 17.7 Å². The van der Waals surface area contributed by atoms with Crippen LogP contribution >= 0.6 is 11.8 Å². The maximum Gasteiger partial charge on any atom is 0.416 e. The highest BCUT2D eigenvalue weighted by Gasteiger charge is 2.31. The molecule has 8 heteroatoms. The number of hydrogen-bond donors (Lipinski definition) is 1. The summed E-state index contributed by atoms with van der Waals surface area (Å²) < 4.78 is 45.0. The van der Waals surface area contributed by atoms with Gasteiger partial charge < -0.3 is 9.84 Å². The number of aliphatic carboxylic acids is 1. The Morgan fingerprint density at radius 2 is 1.83 bits per heavy atom. The van der Waals surface area contributed by atoms with Gasteiger partial charge in [-0.2, -0.15) is 13.2 Å². The molecule has 0 unspecified atom stereocenters. The van der Waals surface area contributed by atoms with Crippen molar-refractivity contribution < 1.29 is 27.8 Å². The Morgan fingerprint density at radius 1 is 1.10 bits per heavy atom. The van der Waals surface area contributed by atoms with Crippen molar-refractivity contribution in [3.63, 3.8) is 0 Å². The normalized spacial score (nSPS) is 11.3. The SMILES string of the molecule is Cc1cc(Sc2ccccc2)cnc1Oc1cc(CC(=O)O)cc(C(F)(F)F)c1. The van der Waals surface area contributed by atoms with Gasteiger partial charge in [0, 0.05) is 21.6 Å². The zero-order valence-corrected chi connectivity index (χ0v) is 16.1. The van der Waals surface area contributed by atoms with E-state index in [9.17, 15) is 18.0 Å². The minimum atomic E-state index is -4.62. The summed E-state index contributed by atoms with van der Waals surface area (Å²) in [5.74, 6) is -1.19. The molecule has 0 aliphatic rings. The molecule has 1 N–H and O–H groups in total. The van der Waals surface area contributed by atoms with E-state index in [0.717, 1.165) is 21.9 Å². The first-order chi connectivity index (χ1) is 13.7. The van der Waals surface area contributed by atoms with E-state index in [1.807, 2.05) is 36.4 Å². The van der Waals surface area contributed by atoms with Crippen LogP contribution in [0.4, 0.5) is 13.2 Å². The lowest BCUT2D eigenvalue weighted by Gasteiger charge is -2.13. The second-order valence-corrected chi connectivity index (χ2v) is 7.39. The number of aromatic nitrogens is 1. The van der Waals surface area contributed by atoms with E-state index in [2.05, 4.69) is 4.98 Å². The van der Waals surface area contributed by atoms with Crippen LogP contribution < -0.4 is 4.74 Å². The Hall–Kier alpha value is -3.00. The summed E-state index contributed by atoms with van der Waals surface area (Å²) in [6.07, 6.45) is -3.59. The quantitative estimate of drug-likeness (QED) is 0.533. The molecule has 3 rings (SSSR count). The molecule has 0 atom stereocenters. The van der Waals surface area contributed by atoms with Gasteiger partial charge in [0.05, 0.1) is 12.0 Å². The number of carboxylic acids is 1. The molecule has 0 radical (unpaired) electrons. The Bertz CT molecular complexity index is 1020. The van der Waals surface area contributed by atoms with Crippen molar-refractivity contribution in [2.75, 3.05) is 0 Å². The van der Waals surface area contributed by atoms with E-state index in [1.165, 1.54) is 17.8 Å². The number of pyridine rings is 1. The van der Waals surface area contributed by atoms with Crippen LogP contribution in [0.3, 0.4) is 0 Å². The van der Waals surface area contributed by atoms with Crippen LogP contribution in [0, 0.1) is 6.92 Å². The predicted molar refractivity (Wildman–Crippen MR) is 102 cm³/mol. The number of carbonyl (C=O) groups is 1. The molecule has 0 bridgehead atoms. The summed E-state index contributed by atoms with van der Waals surface area (Å²) in [6.45, 7) is 1.74. The first kappa shape index (κ1) is 20.7. The largest absolute Gasteiger partial charge is 0.481 e. The third-order valence-corrected chi connectivity index (χ3v) is 4.81. The number of rotatable bonds is 6. The minimum Gasteiger partial charge on any atom is -0.481 e. The highest BCUT2D eigenvalue weighted by Crippen LogP contribution is 2.35. The Labute approximate surface area is 169 Å². The average Bonchev–Trinajstić information content (AvgIpc) is 2.63. The van der Waals surface area contributed by atoms with E-state index >= 15 is 0 Å². The predicted octanol–water partition coefficient (Wildman–Crippen LogP) is 5.98. The molecule has 0 saturated carbocycles. The molecule has 4 nitrogen and oxygen atoms in total. The Balaban J connectivity index is 1.86. The van der Waals surface area contributed by atoms with Crippen LogP contribution in [-0.2, 0) is 17.4 Å². The van der Waals surface area contributed by atoms with Gasteiger partial charge in [-0.3, -0.25) is 4.79 Å². The summed E-state index contributed by atoms with van der Waals surface area (Å²) in [5.41, 5.74) is -0.334. The number of ether oxygens (including phenoxy) is 1. The first-order valence-electron chi connectivity index (χ1n) is 8.51. The fraction of sp³-hybridized carbons (Fsp3) is 0.143. The smallest absolute Gasteiger partial charge is 0.416 e. The molecule has 0 amide bonds. The number of benzene rings is 2. The topological polar surface area (TPSA) is 59.4 Å². The summed E-state index contributed by atoms with van der Waals surface area (Å²) in [6, 6.07) is 14.4. The van der Waals surface area contributed by atoms with Gasteiger partial charge in [-0.1, -0.05) is 30.0 Å². The number of carboxylic acid groups (broad SMARTS) is 1. The second kappa shape index (κ2) is 8.57. The molecule has 1 heterocycles. The van der Waals surface area contributed by atoms with Crippen LogP contribution in [-0.4, -0.2) is 16.1 Å². The molecule has 1 aromatic heterocycles. The van der Waals surface area contributed by atoms with Crippen LogP contribution in [0.5, 0.6) is 11.6 Å². The molecular formula is C21H16F3NO3S. The molecule has 29 heavy (non-hydrogen) atoms. The van der Waals surface area contributed by atoms with Crippen molar-refractivity contribution in [3.05, 3.63) is 77.5 Å². The lowest BCUT2D eigenvalue weighted by atomic mass is 10.1. The van der Waals surface area contributed by atoms with Gasteiger partial charge in [-0.25, -0.2) is 4.98 Å². The summed E-state index contributed by atoms with van der Waals surface area (Å²) in [4.78, 5) is 17.0. The van der Waals surface area contributed by atoms with Crippen LogP contribution in [0.1, 0.15) is 16.7 Å². The standard InChI is InChI=1S/C21H16F3NO3S/c1-13-7-18(29-17-5-3-2-4-6-17)12-25-20(13)28-16-9-14(10-19(26)27)8-15(11-16)21(22,23)24/h2-9,11-12H,10H2,1H3,(H,26,27). The van der Waals surface area contributed by atoms with E-state index in [0.29, 0.717) is 5.56 Å². The number of alkyl halides is 3. The summed E-state index contributed by atoms with van der Waals surface area (Å²) in [5, 5.41) is 8.90. The van der Waals surface area contributed by atoms with E-state index < -0.39 is 24.1 Å². The molecule has 3 aromatic rings. The molecule has 0 spiro atoms. The van der Waals surface area contributed by atoms with Crippen LogP contribution in [0.15, 0.2) is 70.6 Å². The number of aryl methyl sites for hydroxylation is 1. The van der Waals surface area contributed by atoms with Gasteiger partial charge in [-0.05, 0) is 48.9 Å². The van der Waals surface area contributed by atoms with Crippen molar-refractivity contribution in [2.45, 2.75) is 29.3 Å². The summed E-state index contributed by atoms with van der Waals surface area (Å²) >= 11 is 1.50. The minimum absolute atomic E-state index is 0.00349. The Morgan fingerprint density at radius 3 is 2.45 bits per heavy atom. The van der Waals surface area contributed by atoms with E-state index in [4.69, 9.17) is 9.84 Å². The van der Waals surface area contributed by atoms with Gasteiger partial charge >= 0.3 is 12.1 Å². The zero-order chi connectivity index (χ0) is 21.0. The lowest BCUT2D eigenvalue weighted by Crippen LogP contribution is -2.08. The van der Waals surface area contributed by atoms with Gasteiger partial charge in [0.1, 0.15) is 5.75 Å². The van der Waals surface area contributed by atoms with Crippen LogP contribution in [0.2, 0.25) is 0 Å². The maximum absolute atomic E-state index is 13.1. The van der Waals surface area contributed by atoms with Gasteiger partial charge in [0.15, 0.2) is 0 Å². The Kier molecular flexibility index (Phi) is 6.12. The second-order valence-electron chi connectivity index (χ2n) is 6.24. The van der Waals surface area contributed by atoms with Crippen LogP contribution in [0.25, 0.3) is 0 Å². The fourth-order valence-electron chi connectivity index (χ4n) is 2.60. The molecule has 2 aromatic carbocycles. The average molecular weight is 419 g/mol. The molecule has 150 valence electrons. The highest BCUT2D eigenvalue weighted by molar-refractivity contribution is 7.99. The zero-order valence-electron chi connectivity index (χ0n) is 15.2. The third-order valence-electron chi connectivity index (χ3n) is 3.85. The monoisotopic (exact) mass is 419 g/mol. The van der Waals surface area contributed by atoms with Crippen molar-refractivity contribution in [1.29, 1.82) is 0 Å². The van der Waals surface area contributed by atoms with Crippen molar-refractivity contribution in [3.8, 4) is 11.6 Å². The third kappa shape index (κ3) is 5.74. The molecular weight excluding hydrogens is 403 g/mol. The fourth-order valence-corrected chi connectivity index (χ4v) is 3.50. The van der Waals surface area contributed by atoms with E-state index in [1.54, 1.807) is 13.1 Å². The summed E-state index contributed by atoms with van der Waals surface area (Å²) in [7, 11) is 0.